The zero-order valence-electron chi connectivity index (χ0n) is 15.2. The van der Waals surface area contributed by atoms with Gasteiger partial charge < -0.3 is 4.90 Å². The summed E-state index contributed by atoms with van der Waals surface area (Å²) in [6.07, 6.45) is 4.83. The molecular weight excluding hydrogens is 358 g/mol. The smallest absolute Gasteiger partial charge is 0.242 e. The number of rotatable bonds is 4. The Morgan fingerprint density at radius 3 is 2.67 bits per heavy atom. The first-order valence-electron chi connectivity index (χ1n) is 9.40. The second kappa shape index (κ2) is 8.13. The van der Waals surface area contributed by atoms with Crippen molar-refractivity contribution in [2.75, 3.05) is 30.3 Å². The third-order valence-corrected chi connectivity index (χ3v) is 6.28. The maximum atomic E-state index is 12.8. The number of amides is 2. The van der Waals surface area contributed by atoms with Crippen LogP contribution in [0.4, 0.5) is 5.69 Å². The molecule has 6 heteroatoms. The minimum atomic E-state index is -0.0205. The van der Waals surface area contributed by atoms with Crippen molar-refractivity contribution in [3.63, 3.8) is 0 Å². The van der Waals surface area contributed by atoms with Gasteiger partial charge in [-0.3, -0.25) is 14.5 Å². The molecule has 2 aliphatic rings. The normalized spacial score (nSPS) is 17.7. The summed E-state index contributed by atoms with van der Waals surface area (Å²) < 4.78 is 0. The molecule has 1 aromatic carbocycles. The van der Waals surface area contributed by atoms with E-state index in [9.17, 15) is 9.59 Å². The predicted molar refractivity (Wildman–Crippen MR) is 107 cm³/mol. The zero-order chi connectivity index (χ0) is 18.6. The van der Waals surface area contributed by atoms with Crippen molar-refractivity contribution in [3.05, 3.63) is 54.2 Å². The Balaban J connectivity index is 1.34. The molecule has 0 radical (unpaired) electrons. The highest BCUT2D eigenvalue weighted by atomic mass is 32.2. The first kappa shape index (κ1) is 18.0. The summed E-state index contributed by atoms with van der Waals surface area (Å²) in [5.41, 5.74) is 2.12. The molecule has 2 aromatic rings. The van der Waals surface area contributed by atoms with Crippen molar-refractivity contribution in [2.24, 2.45) is 5.92 Å². The molecule has 0 spiro atoms. The number of fused-ring (bicyclic) bond motifs is 1. The number of piperidine rings is 1. The van der Waals surface area contributed by atoms with E-state index in [0.29, 0.717) is 11.7 Å². The number of aromatic nitrogens is 1. The quantitative estimate of drug-likeness (QED) is 0.817. The van der Waals surface area contributed by atoms with Crippen molar-refractivity contribution in [3.8, 4) is 0 Å². The van der Waals surface area contributed by atoms with E-state index in [1.54, 1.807) is 11.1 Å². The SMILES string of the molecule is O=C(CN1C(=O)CSc2ncccc21)N1CCC(Cc2ccccc2)CC1. The minimum absolute atomic E-state index is 0.0205. The highest BCUT2D eigenvalue weighted by Gasteiger charge is 2.30. The molecule has 4 rings (SSSR count). The second-order valence-corrected chi connectivity index (χ2v) is 8.07. The van der Waals surface area contributed by atoms with E-state index >= 15 is 0 Å². The van der Waals surface area contributed by atoms with Crippen LogP contribution in [0.25, 0.3) is 0 Å². The van der Waals surface area contributed by atoms with Crippen molar-refractivity contribution < 1.29 is 9.59 Å². The molecular formula is C21H23N3O2S. The summed E-state index contributed by atoms with van der Waals surface area (Å²) in [5.74, 6) is 0.974. The van der Waals surface area contributed by atoms with Gasteiger partial charge in [-0.15, -0.1) is 0 Å². The monoisotopic (exact) mass is 381 g/mol. The van der Waals surface area contributed by atoms with Gasteiger partial charge in [0.25, 0.3) is 0 Å². The van der Waals surface area contributed by atoms with Crippen molar-refractivity contribution in [1.29, 1.82) is 0 Å². The number of carbonyl (C=O) groups excluding carboxylic acids is 2. The van der Waals surface area contributed by atoms with E-state index in [1.165, 1.54) is 17.3 Å². The lowest BCUT2D eigenvalue weighted by Gasteiger charge is -2.34. The van der Waals surface area contributed by atoms with E-state index in [-0.39, 0.29) is 18.4 Å². The van der Waals surface area contributed by atoms with Gasteiger partial charge in [0.2, 0.25) is 11.8 Å². The lowest BCUT2D eigenvalue weighted by Crippen LogP contribution is -2.47. The van der Waals surface area contributed by atoms with Crippen LogP contribution in [-0.2, 0) is 16.0 Å². The number of likely N-dealkylation sites (tertiary alicyclic amines) is 1. The molecule has 1 aromatic heterocycles. The average molecular weight is 382 g/mol. The Labute approximate surface area is 163 Å². The molecule has 27 heavy (non-hydrogen) atoms. The Hall–Kier alpha value is -2.34. The number of carbonyl (C=O) groups is 2. The van der Waals surface area contributed by atoms with E-state index in [1.807, 2.05) is 23.1 Å². The molecule has 2 aliphatic heterocycles. The maximum Gasteiger partial charge on any atom is 0.242 e. The van der Waals surface area contributed by atoms with E-state index in [0.717, 1.165) is 43.1 Å². The molecule has 0 saturated carbocycles. The predicted octanol–water partition coefficient (Wildman–Crippen LogP) is 3.00. The Morgan fingerprint density at radius 1 is 1.11 bits per heavy atom. The first-order chi connectivity index (χ1) is 13.2. The van der Waals surface area contributed by atoms with Gasteiger partial charge in [-0.1, -0.05) is 42.1 Å². The van der Waals surface area contributed by atoms with Crippen molar-refractivity contribution in [1.82, 2.24) is 9.88 Å². The van der Waals surface area contributed by atoms with Gasteiger partial charge in [-0.25, -0.2) is 4.98 Å². The number of thioether (sulfide) groups is 1. The fourth-order valence-corrected chi connectivity index (χ4v) is 4.66. The third-order valence-electron chi connectivity index (χ3n) is 5.30. The molecule has 1 saturated heterocycles. The van der Waals surface area contributed by atoms with Gasteiger partial charge in [0.05, 0.1) is 11.4 Å². The van der Waals surface area contributed by atoms with Crippen LogP contribution >= 0.6 is 11.8 Å². The van der Waals surface area contributed by atoms with Gasteiger partial charge in [-0.2, -0.15) is 0 Å². The third kappa shape index (κ3) is 4.16. The standard InChI is InChI=1S/C21H23N3O2S/c25-19(14-24-18-7-4-10-22-21(18)27-15-20(24)26)23-11-8-17(9-12-23)13-16-5-2-1-3-6-16/h1-7,10,17H,8-9,11-15H2. The lowest BCUT2D eigenvalue weighted by molar-refractivity contribution is -0.132. The maximum absolute atomic E-state index is 12.8. The molecule has 3 heterocycles. The first-order valence-corrected chi connectivity index (χ1v) is 10.4. The van der Waals surface area contributed by atoms with Crippen LogP contribution in [0, 0.1) is 5.92 Å². The molecule has 0 bridgehead atoms. The van der Waals surface area contributed by atoms with Gasteiger partial charge in [-0.05, 0) is 42.9 Å². The highest BCUT2D eigenvalue weighted by Crippen LogP contribution is 2.33. The molecule has 140 valence electrons. The largest absolute Gasteiger partial charge is 0.341 e. The topological polar surface area (TPSA) is 53.5 Å². The number of nitrogens with zero attached hydrogens (tertiary/aromatic N) is 3. The van der Waals surface area contributed by atoms with Crippen LogP contribution in [0.5, 0.6) is 0 Å². The van der Waals surface area contributed by atoms with Gasteiger partial charge in [0.15, 0.2) is 0 Å². The number of hydrogen-bond donors (Lipinski definition) is 0. The Morgan fingerprint density at radius 2 is 1.89 bits per heavy atom. The van der Waals surface area contributed by atoms with Crippen molar-refractivity contribution in [2.45, 2.75) is 24.3 Å². The number of benzene rings is 1. The van der Waals surface area contributed by atoms with Gasteiger partial charge in [0, 0.05) is 19.3 Å². The molecule has 0 N–H and O–H groups in total. The van der Waals surface area contributed by atoms with Crippen LogP contribution in [0.15, 0.2) is 53.7 Å². The minimum Gasteiger partial charge on any atom is -0.341 e. The van der Waals surface area contributed by atoms with Crippen LogP contribution in [0.1, 0.15) is 18.4 Å². The number of anilines is 1. The summed E-state index contributed by atoms with van der Waals surface area (Å²) in [4.78, 5) is 33.0. The summed E-state index contributed by atoms with van der Waals surface area (Å²) in [5, 5.41) is 0.825. The Bertz CT molecular complexity index is 819. The van der Waals surface area contributed by atoms with Gasteiger partial charge in [0.1, 0.15) is 11.6 Å². The summed E-state index contributed by atoms with van der Waals surface area (Å²) in [6, 6.07) is 14.2. The van der Waals surface area contributed by atoms with E-state index < -0.39 is 0 Å². The average Bonchev–Trinajstić information content (AvgIpc) is 2.71. The van der Waals surface area contributed by atoms with E-state index in [4.69, 9.17) is 0 Å². The molecule has 2 amide bonds. The van der Waals surface area contributed by atoms with Crippen molar-refractivity contribution >= 4 is 29.3 Å². The van der Waals surface area contributed by atoms with E-state index in [2.05, 4.69) is 29.2 Å². The summed E-state index contributed by atoms with van der Waals surface area (Å²) >= 11 is 1.44. The summed E-state index contributed by atoms with van der Waals surface area (Å²) in [6.45, 7) is 1.65. The number of hydrogen-bond acceptors (Lipinski definition) is 4. The molecule has 0 aliphatic carbocycles. The second-order valence-electron chi connectivity index (χ2n) is 7.11. The molecule has 1 fully saturated rings. The summed E-state index contributed by atoms with van der Waals surface area (Å²) in [7, 11) is 0. The fourth-order valence-electron chi connectivity index (χ4n) is 3.78. The molecule has 5 nitrogen and oxygen atoms in total. The molecule has 0 atom stereocenters. The zero-order valence-corrected chi connectivity index (χ0v) is 16.0. The lowest BCUT2D eigenvalue weighted by atomic mass is 9.90. The Kier molecular flexibility index (Phi) is 5.43. The van der Waals surface area contributed by atoms with Crippen LogP contribution in [0.3, 0.4) is 0 Å². The van der Waals surface area contributed by atoms with Crippen LogP contribution in [0.2, 0.25) is 0 Å². The highest BCUT2D eigenvalue weighted by molar-refractivity contribution is 8.00. The fraction of sp³-hybridized carbons (Fsp3) is 0.381. The van der Waals surface area contributed by atoms with Crippen LogP contribution in [-0.4, -0.2) is 47.1 Å². The van der Waals surface area contributed by atoms with Crippen LogP contribution < -0.4 is 4.90 Å². The number of pyridine rings is 1. The molecule has 0 unspecified atom stereocenters. The van der Waals surface area contributed by atoms with Gasteiger partial charge >= 0.3 is 0 Å².